The number of nitrogens with zero attached hydrogens (tertiary/aromatic N) is 6. The van der Waals surface area contributed by atoms with Gasteiger partial charge in [0.2, 0.25) is 5.82 Å². The number of carbonyl (C=O) groups excluding carboxylic acids is 2. The molecule has 5 rings (SSSR count). The molecule has 1 amide bonds. The van der Waals surface area contributed by atoms with Gasteiger partial charge in [-0.25, -0.2) is 4.79 Å². The molecule has 0 saturated carbocycles. The number of benzene rings is 3. The molecule has 0 N–H and O–H groups in total. The Morgan fingerprint density at radius 1 is 0.814 bits per heavy atom. The molecule has 0 bridgehead atoms. The Morgan fingerprint density at radius 2 is 1.36 bits per heavy atom. The summed E-state index contributed by atoms with van der Waals surface area (Å²) in [5.74, 6) is -0.490. The molecule has 1 aliphatic rings. The lowest BCUT2D eigenvalue weighted by molar-refractivity contribution is -0.385. The summed E-state index contributed by atoms with van der Waals surface area (Å²) in [6, 6.07) is 22.6. The van der Waals surface area contributed by atoms with E-state index in [4.69, 9.17) is 23.7 Å². The lowest BCUT2D eigenvalue weighted by Crippen LogP contribution is -2.49. The van der Waals surface area contributed by atoms with E-state index in [-0.39, 0.29) is 49.7 Å². The van der Waals surface area contributed by atoms with Crippen molar-refractivity contribution >= 4 is 23.6 Å². The normalized spacial score (nSPS) is 13.6. The molecule has 1 aromatic heterocycles. The highest BCUT2D eigenvalue weighted by molar-refractivity contribution is 5.81. The van der Waals surface area contributed by atoms with Crippen LogP contribution in [0.3, 0.4) is 0 Å². The topological polar surface area (TPSA) is 159 Å². The van der Waals surface area contributed by atoms with E-state index >= 15 is 0 Å². The van der Waals surface area contributed by atoms with Gasteiger partial charge in [0.1, 0.15) is 28.7 Å². The molecule has 1 atom stereocenters. The minimum Gasteiger partial charge on any atom is -0.497 e. The highest BCUT2D eigenvalue weighted by Gasteiger charge is 2.37. The van der Waals surface area contributed by atoms with Crippen molar-refractivity contribution in [2.45, 2.75) is 78.1 Å². The molecule has 1 aliphatic heterocycles. The average Bonchev–Trinajstić information content (AvgIpc) is 3.22. The minimum atomic E-state index is -1.16. The fourth-order valence-corrected chi connectivity index (χ4v) is 6.68. The number of anilines is 1. The molecule has 1 saturated heterocycles. The van der Waals surface area contributed by atoms with Crippen molar-refractivity contribution in [2.24, 2.45) is 0 Å². The first-order chi connectivity index (χ1) is 28.3. The summed E-state index contributed by atoms with van der Waals surface area (Å²) in [5, 5.41) is 13.3. The molecule has 1 unspecified atom stereocenters. The van der Waals surface area contributed by atoms with Crippen LogP contribution in [0.25, 0.3) is 0 Å². The van der Waals surface area contributed by atoms with Gasteiger partial charge in [-0.3, -0.25) is 19.8 Å². The third kappa shape index (κ3) is 12.5. The number of aromatic nitrogens is 2. The number of unbranched alkanes of at least 4 members (excludes halogenated alkanes) is 1. The van der Waals surface area contributed by atoms with Gasteiger partial charge in [-0.2, -0.15) is 9.97 Å². The number of carbonyl (C=O) groups is 2. The molecule has 4 aromatic rings. The van der Waals surface area contributed by atoms with Crippen LogP contribution < -0.4 is 19.1 Å². The van der Waals surface area contributed by atoms with Crippen molar-refractivity contribution in [3.05, 3.63) is 111 Å². The zero-order chi connectivity index (χ0) is 42.5. The fourth-order valence-electron chi connectivity index (χ4n) is 6.68. The minimum absolute atomic E-state index is 0.00847. The molecule has 3 aromatic carbocycles. The maximum Gasteiger partial charge on any atom is 0.410 e. The van der Waals surface area contributed by atoms with Crippen LogP contribution in [0.2, 0.25) is 0 Å². The molecule has 15 heteroatoms. The standard InChI is InChI=1S/C44H56N6O9/c1-8-9-26-58-42-45-38(37(41(51)57-7)27-31-10-12-32(13-11-31)28-47-22-24-48(25-23-47)43(52)59-44(2,3)4)39(50(53)54)40(46-42)49(29-33-14-18-35(55-5)19-15-33)30-34-16-20-36(56-6)21-17-34/h10-21,37H,8-9,22-30H2,1-7H3. The first-order valence-corrected chi connectivity index (χ1v) is 19.9. The second kappa shape index (κ2) is 20.6. The van der Waals surface area contributed by atoms with Crippen molar-refractivity contribution in [1.29, 1.82) is 0 Å². The van der Waals surface area contributed by atoms with Crippen molar-refractivity contribution < 1.29 is 38.2 Å². The van der Waals surface area contributed by atoms with Crippen LogP contribution in [0.4, 0.5) is 16.3 Å². The fraction of sp³-hybridized carbons (Fsp3) is 0.455. The third-order valence-corrected chi connectivity index (χ3v) is 9.86. The summed E-state index contributed by atoms with van der Waals surface area (Å²) in [6.45, 7) is 11.5. The molecule has 0 aliphatic carbocycles. The molecule has 59 heavy (non-hydrogen) atoms. The highest BCUT2D eigenvalue weighted by atomic mass is 16.6. The maximum absolute atomic E-state index is 13.7. The summed E-state index contributed by atoms with van der Waals surface area (Å²) >= 11 is 0. The Balaban J connectivity index is 1.47. The molecule has 0 radical (unpaired) electrons. The summed E-state index contributed by atoms with van der Waals surface area (Å²) in [4.78, 5) is 54.0. The van der Waals surface area contributed by atoms with Crippen molar-refractivity contribution in [3.8, 4) is 17.5 Å². The molecular formula is C44H56N6O9. The van der Waals surface area contributed by atoms with Crippen molar-refractivity contribution in [1.82, 2.24) is 19.8 Å². The lowest BCUT2D eigenvalue weighted by atomic mass is 9.94. The summed E-state index contributed by atoms with van der Waals surface area (Å²) < 4.78 is 27.6. The smallest absolute Gasteiger partial charge is 0.410 e. The summed E-state index contributed by atoms with van der Waals surface area (Å²) in [7, 11) is 4.43. The van der Waals surface area contributed by atoms with Crippen LogP contribution in [-0.4, -0.2) is 96.5 Å². The predicted octanol–water partition coefficient (Wildman–Crippen LogP) is 7.34. The van der Waals surface area contributed by atoms with Gasteiger partial charge in [-0.1, -0.05) is 61.9 Å². The number of hydrogen-bond donors (Lipinski definition) is 0. The van der Waals surface area contributed by atoms with Gasteiger partial charge in [-0.05, 0) is 80.1 Å². The molecule has 15 nitrogen and oxygen atoms in total. The molecular weight excluding hydrogens is 757 g/mol. The number of amides is 1. The van der Waals surface area contributed by atoms with E-state index in [2.05, 4.69) is 14.9 Å². The average molecular weight is 813 g/mol. The lowest BCUT2D eigenvalue weighted by Gasteiger charge is -2.35. The second-order valence-corrected chi connectivity index (χ2v) is 15.4. The van der Waals surface area contributed by atoms with E-state index < -0.39 is 28.1 Å². The Labute approximate surface area is 346 Å². The van der Waals surface area contributed by atoms with Crippen molar-refractivity contribution in [2.75, 3.05) is 59.0 Å². The molecule has 2 heterocycles. The Hall–Kier alpha value is -5.96. The largest absolute Gasteiger partial charge is 0.497 e. The van der Waals surface area contributed by atoms with E-state index in [1.54, 1.807) is 24.0 Å². The Morgan fingerprint density at radius 3 is 1.85 bits per heavy atom. The molecule has 1 fully saturated rings. The molecule has 0 spiro atoms. The quantitative estimate of drug-likeness (QED) is 0.0426. The highest BCUT2D eigenvalue weighted by Crippen LogP contribution is 2.39. The number of methoxy groups -OCH3 is 3. The maximum atomic E-state index is 13.7. The number of nitro groups is 1. The third-order valence-electron chi connectivity index (χ3n) is 9.86. The van der Waals surface area contributed by atoms with E-state index in [1.807, 2.05) is 100 Å². The summed E-state index contributed by atoms with van der Waals surface area (Å²) in [6.07, 6.45) is 1.32. The van der Waals surface area contributed by atoms with Crippen LogP contribution in [-0.2, 0) is 40.3 Å². The van der Waals surface area contributed by atoms with E-state index in [0.717, 1.165) is 28.7 Å². The van der Waals surface area contributed by atoms with Gasteiger partial charge < -0.3 is 33.5 Å². The van der Waals surface area contributed by atoms with Crippen LogP contribution in [0.5, 0.6) is 17.5 Å². The van der Waals surface area contributed by atoms with Gasteiger partial charge in [0.25, 0.3) is 0 Å². The summed E-state index contributed by atoms with van der Waals surface area (Å²) in [5.41, 5.74) is 2.43. The first-order valence-electron chi connectivity index (χ1n) is 19.9. The second-order valence-electron chi connectivity index (χ2n) is 15.4. The van der Waals surface area contributed by atoms with Gasteiger partial charge in [0, 0.05) is 45.8 Å². The zero-order valence-electron chi connectivity index (χ0n) is 35.1. The number of piperazine rings is 1. The number of rotatable bonds is 18. The number of ether oxygens (including phenoxy) is 5. The monoisotopic (exact) mass is 812 g/mol. The van der Waals surface area contributed by atoms with Gasteiger partial charge in [0.05, 0.1) is 32.9 Å². The first kappa shape index (κ1) is 44.1. The van der Waals surface area contributed by atoms with E-state index in [9.17, 15) is 19.7 Å². The molecule has 316 valence electrons. The van der Waals surface area contributed by atoms with Gasteiger partial charge in [-0.15, -0.1) is 0 Å². The predicted molar refractivity (Wildman–Crippen MR) is 223 cm³/mol. The SMILES string of the molecule is CCCCOc1nc(C(Cc2ccc(CN3CCN(C(=O)OC(C)(C)C)CC3)cc2)C(=O)OC)c([N+](=O)[O-])c(N(Cc2ccc(OC)cc2)Cc2ccc(OC)cc2)n1. The Bertz CT molecular complexity index is 1950. The number of hydrogen-bond acceptors (Lipinski definition) is 13. The van der Waals surface area contributed by atoms with E-state index in [0.29, 0.717) is 50.6 Å². The zero-order valence-corrected chi connectivity index (χ0v) is 35.1. The van der Waals surface area contributed by atoms with Crippen LogP contribution in [0.1, 0.15) is 74.4 Å². The van der Waals surface area contributed by atoms with E-state index in [1.165, 1.54) is 7.11 Å². The van der Waals surface area contributed by atoms with Gasteiger partial charge in [0.15, 0.2) is 0 Å². The van der Waals surface area contributed by atoms with Crippen LogP contribution in [0, 0.1) is 10.1 Å². The van der Waals surface area contributed by atoms with Crippen molar-refractivity contribution in [3.63, 3.8) is 0 Å². The van der Waals surface area contributed by atoms with Gasteiger partial charge >= 0.3 is 23.8 Å². The Kier molecular flexibility index (Phi) is 15.4. The number of esters is 1. The van der Waals surface area contributed by atoms with Crippen LogP contribution in [0.15, 0.2) is 72.8 Å². The van der Waals surface area contributed by atoms with Crippen LogP contribution >= 0.6 is 0 Å².